The van der Waals surface area contributed by atoms with Crippen LogP contribution in [-0.4, -0.2) is 46.7 Å². The van der Waals surface area contributed by atoms with E-state index in [2.05, 4.69) is 6.92 Å². The second kappa shape index (κ2) is 6.49. The van der Waals surface area contributed by atoms with Crippen LogP contribution in [0.25, 0.3) is 0 Å². The van der Waals surface area contributed by atoms with Gasteiger partial charge in [-0.1, -0.05) is 39.0 Å². The van der Waals surface area contributed by atoms with Gasteiger partial charge in [-0.05, 0) is 38.0 Å². The second-order valence-electron chi connectivity index (χ2n) is 8.20. The molecule has 0 aromatic heterocycles. The van der Waals surface area contributed by atoms with E-state index in [1.807, 2.05) is 6.92 Å². The largest absolute Gasteiger partial charge is 0.327 e. The van der Waals surface area contributed by atoms with E-state index >= 15 is 0 Å². The van der Waals surface area contributed by atoms with Gasteiger partial charge < -0.3 is 4.90 Å². The summed E-state index contributed by atoms with van der Waals surface area (Å²) in [6.07, 6.45) is 8.35. The zero-order chi connectivity index (χ0) is 17.5. The number of Topliss-reactive ketones (excluding diaryl/α,β-unsaturated/α-hetero) is 1. The Kier molecular flexibility index (Phi) is 4.71. The number of hydrogen-bond acceptors (Lipinski definition) is 3. The molecule has 3 unspecified atom stereocenters. The fourth-order valence-electron chi connectivity index (χ4n) is 5.12. The maximum atomic E-state index is 13.1. The van der Waals surface area contributed by atoms with Crippen molar-refractivity contribution in [2.24, 2.45) is 17.8 Å². The second-order valence-corrected chi connectivity index (χ2v) is 8.20. The number of nitrogens with zero attached hydrogens (tertiary/aromatic N) is 2. The molecular weight excluding hydrogens is 304 g/mol. The Morgan fingerprint density at radius 2 is 1.75 bits per heavy atom. The third-order valence-corrected chi connectivity index (χ3v) is 6.85. The van der Waals surface area contributed by atoms with E-state index in [1.165, 1.54) is 11.3 Å². The Morgan fingerprint density at radius 3 is 2.33 bits per heavy atom. The average molecular weight is 334 g/mol. The molecule has 0 aromatic rings. The number of ketones is 1. The van der Waals surface area contributed by atoms with Crippen LogP contribution in [0.4, 0.5) is 4.79 Å². The quantitative estimate of drug-likeness (QED) is 0.742. The molecule has 0 spiro atoms. The van der Waals surface area contributed by atoms with E-state index < -0.39 is 5.54 Å². The first-order chi connectivity index (χ1) is 11.4. The van der Waals surface area contributed by atoms with Crippen LogP contribution in [0.3, 0.4) is 0 Å². The van der Waals surface area contributed by atoms with Gasteiger partial charge in [0.05, 0.1) is 6.54 Å². The van der Waals surface area contributed by atoms with Gasteiger partial charge in [-0.3, -0.25) is 14.5 Å². The number of urea groups is 1. The predicted molar refractivity (Wildman–Crippen MR) is 91.4 cm³/mol. The highest BCUT2D eigenvalue weighted by atomic mass is 16.2. The monoisotopic (exact) mass is 334 g/mol. The molecule has 1 aliphatic heterocycles. The molecule has 2 aliphatic carbocycles. The highest BCUT2D eigenvalue weighted by molar-refractivity contribution is 6.09. The zero-order valence-electron chi connectivity index (χ0n) is 15.2. The van der Waals surface area contributed by atoms with Crippen molar-refractivity contribution in [2.45, 2.75) is 70.8 Å². The van der Waals surface area contributed by atoms with Crippen LogP contribution < -0.4 is 0 Å². The molecule has 1 heterocycles. The first kappa shape index (κ1) is 17.4. The van der Waals surface area contributed by atoms with E-state index in [4.69, 9.17) is 0 Å². The van der Waals surface area contributed by atoms with Gasteiger partial charge in [0.2, 0.25) is 0 Å². The number of imide groups is 1. The van der Waals surface area contributed by atoms with Gasteiger partial charge in [-0.15, -0.1) is 0 Å². The molecule has 3 amide bonds. The molecule has 3 atom stereocenters. The number of rotatable bonds is 4. The fourth-order valence-corrected chi connectivity index (χ4v) is 5.12. The van der Waals surface area contributed by atoms with E-state index in [9.17, 15) is 14.4 Å². The molecule has 134 valence electrons. The van der Waals surface area contributed by atoms with Crippen molar-refractivity contribution in [2.75, 3.05) is 13.6 Å². The van der Waals surface area contributed by atoms with E-state index in [0.717, 1.165) is 44.9 Å². The lowest BCUT2D eigenvalue weighted by atomic mass is 9.78. The minimum atomic E-state index is -0.792. The lowest BCUT2D eigenvalue weighted by Crippen LogP contribution is -2.52. The molecule has 3 fully saturated rings. The summed E-state index contributed by atoms with van der Waals surface area (Å²) in [5.74, 6) is 0.547. The molecule has 3 aliphatic rings. The van der Waals surface area contributed by atoms with Crippen molar-refractivity contribution >= 4 is 17.7 Å². The summed E-state index contributed by atoms with van der Waals surface area (Å²) in [5.41, 5.74) is -0.792. The Hall–Kier alpha value is -1.39. The smallest absolute Gasteiger partial charge is 0.313 e. The van der Waals surface area contributed by atoms with Crippen LogP contribution in [0, 0.1) is 17.8 Å². The van der Waals surface area contributed by atoms with E-state index in [-0.39, 0.29) is 36.1 Å². The molecule has 2 saturated carbocycles. The number of likely N-dealkylation sites (N-methyl/N-ethyl adjacent to an activating group) is 1. The number of carbonyl (C=O) groups excluding carboxylic acids is 3. The first-order valence-electron chi connectivity index (χ1n) is 9.49. The van der Waals surface area contributed by atoms with Gasteiger partial charge in [0, 0.05) is 13.0 Å². The number of carbonyl (C=O) groups is 3. The van der Waals surface area contributed by atoms with Crippen molar-refractivity contribution in [1.82, 2.24) is 9.80 Å². The van der Waals surface area contributed by atoms with Gasteiger partial charge in [0.1, 0.15) is 5.54 Å². The van der Waals surface area contributed by atoms with Crippen molar-refractivity contribution < 1.29 is 14.4 Å². The zero-order valence-corrected chi connectivity index (χ0v) is 15.2. The number of hydrogen-bond donors (Lipinski definition) is 0. The van der Waals surface area contributed by atoms with Crippen LogP contribution in [0.15, 0.2) is 0 Å². The molecule has 0 N–H and O–H groups in total. The molecule has 1 saturated heterocycles. The van der Waals surface area contributed by atoms with E-state index in [0.29, 0.717) is 5.92 Å². The predicted octanol–water partition coefficient (Wildman–Crippen LogP) is 3.22. The first-order valence-corrected chi connectivity index (χ1v) is 9.49. The molecular formula is C19H30N2O3. The minimum Gasteiger partial charge on any atom is -0.313 e. The van der Waals surface area contributed by atoms with Gasteiger partial charge in [0.25, 0.3) is 5.91 Å². The number of amides is 3. The lowest BCUT2D eigenvalue weighted by Gasteiger charge is -2.36. The molecule has 0 aromatic carbocycles. The van der Waals surface area contributed by atoms with Crippen molar-refractivity contribution in [3.63, 3.8) is 0 Å². The Balaban J connectivity index is 1.76. The highest BCUT2D eigenvalue weighted by Crippen LogP contribution is 2.45. The van der Waals surface area contributed by atoms with Crippen molar-refractivity contribution in [3.05, 3.63) is 0 Å². The van der Waals surface area contributed by atoms with Gasteiger partial charge in [-0.2, -0.15) is 0 Å². The maximum absolute atomic E-state index is 13.1. The van der Waals surface area contributed by atoms with Crippen molar-refractivity contribution in [1.29, 1.82) is 0 Å². The van der Waals surface area contributed by atoms with Crippen LogP contribution in [0.5, 0.6) is 0 Å². The van der Waals surface area contributed by atoms with Gasteiger partial charge >= 0.3 is 6.03 Å². The Morgan fingerprint density at radius 1 is 1.08 bits per heavy atom. The minimum absolute atomic E-state index is 0.0296. The van der Waals surface area contributed by atoms with Crippen LogP contribution in [0.1, 0.15) is 65.2 Å². The van der Waals surface area contributed by atoms with Crippen LogP contribution in [-0.2, 0) is 9.59 Å². The Bertz CT molecular complexity index is 541. The van der Waals surface area contributed by atoms with Gasteiger partial charge in [-0.25, -0.2) is 4.79 Å². The normalized spacial score (nSPS) is 35.1. The third kappa shape index (κ3) is 2.66. The third-order valence-electron chi connectivity index (χ3n) is 6.85. The van der Waals surface area contributed by atoms with E-state index in [1.54, 1.807) is 11.9 Å². The molecule has 24 heavy (non-hydrogen) atoms. The average Bonchev–Trinajstić information content (AvgIpc) is 3.09. The van der Waals surface area contributed by atoms with Gasteiger partial charge in [0.15, 0.2) is 5.78 Å². The molecule has 5 heteroatoms. The molecule has 5 nitrogen and oxygen atoms in total. The Labute approximate surface area is 144 Å². The summed E-state index contributed by atoms with van der Waals surface area (Å²) in [6, 6.07) is -0.300. The van der Waals surface area contributed by atoms with Crippen LogP contribution >= 0.6 is 0 Å². The summed E-state index contributed by atoms with van der Waals surface area (Å²) < 4.78 is 0. The van der Waals surface area contributed by atoms with Crippen molar-refractivity contribution in [3.8, 4) is 0 Å². The maximum Gasteiger partial charge on any atom is 0.327 e. The SMILES string of the molecule is CC1CCCC1C1(C)C(=O)N(CC(=O)C2CCCCC2)C(=O)N1C. The molecule has 0 radical (unpaired) electrons. The summed E-state index contributed by atoms with van der Waals surface area (Å²) in [7, 11) is 1.72. The highest BCUT2D eigenvalue weighted by Gasteiger charge is 2.58. The van der Waals surface area contributed by atoms with Crippen LogP contribution in [0.2, 0.25) is 0 Å². The molecule has 0 bridgehead atoms. The standard InChI is InChI=1S/C19H30N2O3/c1-13-8-7-11-15(13)19(2)17(23)21(18(24)20(19)3)12-16(22)14-9-5-4-6-10-14/h13-15H,4-12H2,1-3H3. The fraction of sp³-hybridized carbons (Fsp3) is 0.842. The lowest BCUT2D eigenvalue weighted by molar-refractivity contribution is -0.138. The summed E-state index contributed by atoms with van der Waals surface area (Å²) in [4.78, 5) is 41.2. The summed E-state index contributed by atoms with van der Waals surface area (Å²) >= 11 is 0. The molecule has 3 rings (SSSR count). The topological polar surface area (TPSA) is 57.7 Å². The summed E-state index contributed by atoms with van der Waals surface area (Å²) in [5, 5.41) is 0. The summed E-state index contributed by atoms with van der Waals surface area (Å²) in [6.45, 7) is 4.03.